The van der Waals surface area contributed by atoms with E-state index in [-0.39, 0.29) is 29.7 Å². The molecule has 0 bridgehead atoms. The van der Waals surface area contributed by atoms with Crippen molar-refractivity contribution in [3.63, 3.8) is 0 Å². The van der Waals surface area contributed by atoms with Gasteiger partial charge in [-0.05, 0) is 50.0 Å². The summed E-state index contributed by atoms with van der Waals surface area (Å²) in [5.74, 6) is -0.789. The summed E-state index contributed by atoms with van der Waals surface area (Å²) in [6.07, 6.45) is 1.37. The van der Waals surface area contributed by atoms with E-state index in [1.165, 1.54) is 11.2 Å². The highest BCUT2D eigenvalue weighted by atomic mass is 32.2. The Hall–Kier alpha value is -2.81. The Morgan fingerprint density at radius 3 is 2.18 bits per heavy atom. The third kappa shape index (κ3) is 8.52. The molecule has 34 heavy (non-hydrogen) atoms. The molecule has 2 N–H and O–H groups in total. The van der Waals surface area contributed by atoms with Crippen molar-refractivity contribution < 1.29 is 23.1 Å². The number of aliphatic hydroxyl groups excluding tert-OH is 1. The van der Waals surface area contributed by atoms with Gasteiger partial charge in [0, 0.05) is 19.2 Å². The summed E-state index contributed by atoms with van der Waals surface area (Å²) in [5.41, 5.74) is 1.82. The van der Waals surface area contributed by atoms with Crippen LogP contribution in [0.3, 0.4) is 0 Å². The number of hydrogen-bond acceptors (Lipinski definition) is 5. The molecule has 0 saturated carbocycles. The topological polar surface area (TPSA) is 104 Å². The molecule has 2 atom stereocenters. The van der Waals surface area contributed by atoms with Gasteiger partial charge in [-0.25, -0.2) is 8.42 Å². The lowest BCUT2D eigenvalue weighted by molar-refractivity contribution is -0.118. The number of nitrogens with zero attached hydrogens (tertiary/aromatic N) is 1. The normalized spacial score (nSPS) is 13.9. The summed E-state index contributed by atoms with van der Waals surface area (Å²) in [6.45, 7) is 7.04. The van der Waals surface area contributed by atoms with Gasteiger partial charge in [0.15, 0.2) is 5.78 Å². The van der Waals surface area contributed by atoms with Gasteiger partial charge < -0.3 is 10.4 Å². The van der Waals surface area contributed by atoms with Crippen molar-refractivity contribution in [2.75, 3.05) is 13.1 Å². The number of rotatable bonds is 12. The Balaban J connectivity index is 2.31. The van der Waals surface area contributed by atoms with Crippen LogP contribution in [0, 0.1) is 12.8 Å². The summed E-state index contributed by atoms with van der Waals surface area (Å²) < 4.78 is 28.0. The Bertz CT molecular complexity index is 1080. The molecule has 7 nitrogen and oxygen atoms in total. The van der Waals surface area contributed by atoms with Crippen molar-refractivity contribution >= 4 is 21.7 Å². The largest absolute Gasteiger partial charge is 0.390 e. The van der Waals surface area contributed by atoms with Crippen molar-refractivity contribution in [2.24, 2.45) is 5.92 Å². The highest BCUT2D eigenvalue weighted by Crippen LogP contribution is 2.19. The molecular formula is C26H34N2O5S. The van der Waals surface area contributed by atoms with Crippen molar-refractivity contribution in [3.05, 3.63) is 77.9 Å². The van der Waals surface area contributed by atoms with Gasteiger partial charge in [-0.3, -0.25) is 9.59 Å². The van der Waals surface area contributed by atoms with Crippen LogP contribution in [0.2, 0.25) is 0 Å². The number of aryl methyl sites for hydroxylation is 1. The number of sulfonamides is 1. The van der Waals surface area contributed by atoms with Gasteiger partial charge in [-0.1, -0.05) is 61.9 Å². The zero-order valence-corrected chi connectivity index (χ0v) is 21.0. The SMILES string of the molecule is CC(=O)/C=C/C(=O)N[C@@H](Cc1ccccc1)[C@H](O)CN(CC(C)C)S(=O)(=O)c1ccc(C)cc1. The Labute approximate surface area is 202 Å². The van der Waals surface area contributed by atoms with Crippen molar-refractivity contribution in [2.45, 2.75) is 51.2 Å². The monoisotopic (exact) mass is 486 g/mol. The fourth-order valence-electron chi connectivity index (χ4n) is 3.45. The van der Waals surface area contributed by atoms with E-state index in [0.717, 1.165) is 23.3 Å². The van der Waals surface area contributed by atoms with E-state index in [1.54, 1.807) is 24.3 Å². The first kappa shape index (κ1) is 27.4. The molecule has 0 aliphatic rings. The minimum absolute atomic E-state index is 0.0214. The van der Waals surface area contributed by atoms with Crippen LogP contribution in [0.5, 0.6) is 0 Å². The first-order chi connectivity index (χ1) is 16.0. The van der Waals surface area contributed by atoms with E-state index in [2.05, 4.69) is 5.32 Å². The zero-order valence-electron chi connectivity index (χ0n) is 20.1. The fourth-order valence-corrected chi connectivity index (χ4v) is 5.07. The van der Waals surface area contributed by atoms with Gasteiger partial charge >= 0.3 is 0 Å². The number of carbonyl (C=O) groups excluding carboxylic acids is 2. The first-order valence-electron chi connectivity index (χ1n) is 11.3. The van der Waals surface area contributed by atoms with E-state index >= 15 is 0 Å². The Kier molecular flexibility index (Phi) is 10.2. The molecule has 0 fully saturated rings. The fraction of sp³-hybridized carbons (Fsp3) is 0.385. The average Bonchev–Trinajstić information content (AvgIpc) is 2.77. The lowest BCUT2D eigenvalue weighted by atomic mass is 10.0. The second-order valence-electron chi connectivity index (χ2n) is 8.85. The van der Waals surface area contributed by atoms with Gasteiger partial charge in [0.2, 0.25) is 15.9 Å². The van der Waals surface area contributed by atoms with Crippen LogP contribution >= 0.6 is 0 Å². The molecule has 8 heteroatoms. The first-order valence-corrected chi connectivity index (χ1v) is 12.7. The van der Waals surface area contributed by atoms with Gasteiger partial charge in [0.1, 0.15) is 0 Å². The van der Waals surface area contributed by atoms with Gasteiger partial charge in [0.05, 0.1) is 17.0 Å². The summed E-state index contributed by atoms with van der Waals surface area (Å²) >= 11 is 0. The summed E-state index contributed by atoms with van der Waals surface area (Å²) in [7, 11) is -3.86. The maximum Gasteiger partial charge on any atom is 0.244 e. The van der Waals surface area contributed by atoms with Crippen molar-refractivity contribution in [1.29, 1.82) is 0 Å². The third-order valence-electron chi connectivity index (χ3n) is 5.18. The number of amides is 1. The molecule has 0 aliphatic carbocycles. The van der Waals surface area contributed by atoms with Crippen LogP contribution < -0.4 is 5.32 Å². The molecule has 0 aliphatic heterocycles. The van der Waals surface area contributed by atoms with Crippen molar-refractivity contribution in [1.82, 2.24) is 9.62 Å². The number of hydrogen-bond donors (Lipinski definition) is 2. The predicted molar refractivity (Wildman–Crippen MR) is 133 cm³/mol. The molecule has 0 heterocycles. The molecule has 0 spiro atoms. The predicted octanol–water partition coefficient (Wildman–Crippen LogP) is 2.88. The number of nitrogens with one attached hydrogen (secondary N) is 1. The Morgan fingerprint density at radius 2 is 1.62 bits per heavy atom. The number of benzene rings is 2. The smallest absolute Gasteiger partial charge is 0.244 e. The highest BCUT2D eigenvalue weighted by Gasteiger charge is 2.31. The second-order valence-corrected chi connectivity index (χ2v) is 10.8. The molecule has 184 valence electrons. The molecule has 2 aromatic carbocycles. The van der Waals surface area contributed by atoms with E-state index in [0.29, 0.717) is 6.42 Å². The van der Waals surface area contributed by atoms with Gasteiger partial charge in [0.25, 0.3) is 0 Å². The molecule has 0 radical (unpaired) electrons. The van der Waals surface area contributed by atoms with Crippen LogP contribution in [0.4, 0.5) is 0 Å². The number of carbonyl (C=O) groups is 2. The van der Waals surface area contributed by atoms with Crippen LogP contribution in [0.25, 0.3) is 0 Å². The quantitative estimate of drug-likeness (QED) is 0.449. The van der Waals surface area contributed by atoms with E-state index in [9.17, 15) is 23.1 Å². The molecule has 0 aromatic heterocycles. The lowest BCUT2D eigenvalue weighted by Gasteiger charge is -2.30. The second kappa shape index (κ2) is 12.6. The minimum atomic E-state index is -3.86. The molecular weight excluding hydrogens is 452 g/mol. The molecule has 2 aromatic rings. The summed E-state index contributed by atoms with van der Waals surface area (Å²) in [4.78, 5) is 23.7. The maximum atomic E-state index is 13.4. The Morgan fingerprint density at radius 1 is 1.00 bits per heavy atom. The lowest BCUT2D eigenvalue weighted by Crippen LogP contribution is -2.50. The molecule has 0 saturated heterocycles. The summed E-state index contributed by atoms with van der Waals surface area (Å²) in [5, 5.41) is 13.9. The highest BCUT2D eigenvalue weighted by molar-refractivity contribution is 7.89. The number of ketones is 1. The zero-order chi connectivity index (χ0) is 25.3. The van der Waals surface area contributed by atoms with E-state index < -0.39 is 28.1 Å². The van der Waals surface area contributed by atoms with Gasteiger partial charge in [-0.15, -0.1) is 0 Å². The maximum absolute atomic E-state index is 13.4. The van der Waals surface area contributed by atoms with Crippen LogP contribution in [0.1, 0.15) is 31.9 Å². The van der Waals surface area contributed by atoms with E-state index in [4.69, 9.17) is 0 Å². The van der Waals surface area contributed by atoms with Crippen LogP contribution in [-0.2, 0) is 26.0 Å². The molecule has 0 unspecified atom stereocenters. The van der Waals surface area contributed by atoms with Gasteiger partial charge in [-0.2, -0.15) is 4.31 Å². The number of aliphatic hydroxyl groups is 1. The minimum Gasteiger partial charge on any atom is -0.390 e. The van der Waals surface area contributed by atoms with Crippen LogP contribution in [0.15, 0.2) is 71.6 Å². The molecule has 1 amide bonds. The van der Waals surface area contributed by atoms with Crippen molar-refractivity contribution in [3.8, 4) is 0 Å². The average molecular weight is 487 g/mol. The van der Waals surface area contributed by atoms with E-state index in [1.807, 2.05) is 51.1 Å². The standard InChI is InChI=1S/C26H34N2O5S/c1-19(2)17-28(34(32,33)23-13-10-20(3)11-14-23)18-25(30)24(16-22-8-6-5-7-9-22)27-26(31)15-12-21(4)29/h5-15,19,24-25,30H,16-18H2,1-4H3,(H,27,31)/b15-12+/t24-,25+/m0/s1. The summed E-state index contributed by atoms with van der Waals surface area (Å²) in [6, 6.07) is 15.1. The van der Waals surface area contributed by atoms with Crippen LogP contribution in [-0.4, -0.2) is 54.8 Å². The molecule has 2 rings (SSSR count). The number of allylic oxidation sites excluding steroid dienone is 1. The third-order valence-corrected chi connectivity index (χ3v) is 7.02.